The van der Waals surface area contributed by atoms with Gasteiger partial charge in [-0.1, -0.05) is 0 Å². The van der Waals surface area contributed by atoms with Crippen LogP contribution in [0.1, 0.15) is 27.7 Å². The summed E-state index contributed by atoms with van der Waals surface area (Å²) in [5, 5.41) is 2.64. The molecule has 1 heterocycles. The molecule has 0 radical (unpaired) electrons. The first-order valence-electron chi connectivity index (χ1n) is 9.39. The number of carbonyl (C=O) groups is 4. The minimum Gasteiger partial charge on any atom is -0.463 e. The van der Waals surface area contributed by atoms with Crippen molar-refractivity contribution in [3.63, 3.8) is 0 Å². The normalized spacial score (nSPS) is 25.1. The van der Waals surface area contributed by atoms with Crippen LogP contribution in [-0.4, -0.2) is 61.1 Å². The lowest BCUT2D eigenvalue weighted by molar-refractivity contribution is -0.257. The third-order valence-electron chi connectivity index (χ3n) is 4.14. The first-order valence-corrected chi connectivity index (χ1v) is 10.5. The number of ether oxygens (including phenoxy) is 5. The van der Waals surface area contributed by atoms with Gasteiger partial charge in [-0.2, -0.15) is 0 Å². The van der Waals surface area contributed by atoms with Crippen molar-refractivity contribution in [2.24, 2.45) is 0 Å². The molecule has 10 nitrogen and oxygen atoms in total. The predicted molar refractivity (Wildman–Crippen MR) is 114 cm³/mol. The van der Waals surface area contributed by atoms with Crippen LogP contribution < -0.4 is 10.1 Å². The molecule has 1 aliphatic heterocycles. The van der Waals surface area contributed by atoms with E-state index in [1.807, 2.05) is 12.1 Å². The van der Waals surface area contributed by atoms with Gasteiger partial charge in [0, 0.05) is 31.3 Å². The summed E-state index contributed by atoms with van der Waals surface area (Å²) in [7, 11) is 0. The van der Waals surface area contributed by atoms with Gasteiger partial charge in [0.1, 0.15) is 24.5 Å². The van der Waals surface area contributed by atoms with Crippen LogP contribution in [0.2, 0.25) is 0 Å². The topological polar surface area (TPSA) is 126 Å². The van der Waals surface area contributed by atoms with Crippen molar-refractivity contribution >= 4 is 46.4 Å². The highest BCUT2D eigenvalue weighted by molar-refractivity contribution is 14.1. The summed E-state index contributed by atoms with van der Waals surface area (Å²) >= 11 is 2.14. The number of benzene rings is 1. The summed E-state index contributed by atoms with van der Waals surface area (Å²) in [6.07, 6.45) is -4.47. The van der Waals surface area contributed by atoms with Crippen LogP contribution in [0.3, 0.4) is 0 Å². The number of esters is 3. The molecule has 170 valence electrons. The van der Waals surface area contributed by atoms with Crippen LogP contribution >= 0.6 is 22.6 Å². The molecule has 0 aliphatic carbocycles. The second kappa shape index (κ2) is 11.3. The summed E-state index contributed by atoms with van der Waals surface area (Å²) in [5.74, 6) is -1.93. The van der Waals surface area contributed by atoms with Crippen molar-refractivity contribution in [1.29, 1.82) is 0 Å². The van der Waals surface area contributed by atoms with Gasteiger partial charge < -0.3 is 29.0 Å². The largest absolute Gasteiger partial charge is 0.463 e. The minimum atomic E-state index is -1.16. The first-order chi connectivity index (χ1) is 14.6. The molecule has 1 aliphatic rings. The predicted octanol–water partition coefficient (Wildman–Crippen LogP) is 1.33. The van der Waals surface area contributed by atoms with E-state index in [-0.39, 0.29) is 6.61 Å². The highest BCUT2D eigenvalue weighted by atomic mass is 127. The third kappa shape index (κ3) is 7.65. The van der Waals surface area contributed by atoms with Crippen LogP contribution in [0, 0.1) is 3.57 Å². The van der Waals surface area contributed by atoms with Crippen molar-refractivity contribution in [2.45, 2.75) is 58.3 Å². The monoisotopic (exact) mass is 549 g/mol. The molecule has 1 amide bonds. The molecule has 0 aromatic heterocycles. The Labute approximate surface area is 193 Å². The molecule has 0 saturated carbocycles. The summed E-state index contributed by atoms with van der Waals surface area (Å²) in [6, 6.07) is 6.02. The van der Waals surface area contributed by atoms with Gasteiger partial charge in [0.15, 0.2) is 12.2 Å². The number of nitrogens with one attached hydrogen (secondary N) is 1. The lowest BCUT2D eigenvalue weighted by atomic mass is 9.96. The van der Waals surface area contributed by atoms with Gasteiger partial charge in [0.25, 0.3) is 0 Å². The Morgan fingerprint density at radius 2 is 1.52 bits per heavy atom. The van der Waals surface area contributed by atoms with E-state index in [4.69, 9.17) is 23.7 Å². The average molecular weight is 549 g/mol. The standard InChI is InChI=1S/C20H24INO9/c1-10(23)22-17-19(29-13(4)26)18(28-12(3)25)16(9-27-11(2)24)31-20(17)30-15-7-5-14(21)6-8-15/h5-8,16-20H,9H2,1-4H3,(H,22,23)/t16-,17+,18-,19-,20-/m1/s1. The molecular formula is C20H24INO9. The molecular weight excluding hydrogens is 525 g/mol. The van der Waals surface area contributed by atoms with Crippen molar-refractivity contribution < 1.29 is 42.9 Å². The molecule has 1 saturated heterocycles. The maximum absolute atomic E-state index is 11.9. The van der Waals surface area contributed by atoms with Crippen LogP contribution in [0.4, 0.5) is 0 Å². The number of rotatable bonds is 7. The number of amides is 1. The van der Waals surface area contributed by atoms with Crippen molar-refractivity contribution in [3.05, 3.63) is 27.8 Å². The first kappa shape index (κ1) is 24.9. The highest BCUT2D eigenvalue weighted by Crippen LogP contribution is 2.29. The van der Waals surface area contributed by atoms with Gasteiger partial charge in [-0.3, -0.25) is 19.2 Å². The molecule has 0 unspecified atom stereocenters. The fraction of sp³-hybridized carbons (Fsp3) is 0.500. The third-order valence-corrected chi connectivity index (χ3v) is 4.86. The lowest BCUT2D eigenvalue weighted by Gasteiger charge is -2.44. The molecule has 2 rings (SSSR count). The van der Waals surface area contributed by atoms with Gasteiger partial charge in [-0.05, 0) is 46.9 Å². The second-order valence-corrected chi connectivity index (χ2v) is 8.04. The Morgan fingerprint density at radius 1 is 0.935 bits per heavy atom. The molecule has 1 N–H and O–H groups in total. The van der Waals surface area contributed by atoms with Crippen LogP contribution in [0.15, 0.2) is 24.3 Å². The number of carbonyl (C=O) groups excluding carboxylic acids is 4. The molecule has 31 heavy (non-hydrogen) atoms. The summed E-state index contributed by atoms with van der Waals surface area (Å²) in [6.45, 7) is 4.56. The highest BCUT2D eigenvalue weighted by Gasteiger charge is 2.51. The summed E-state index contributed by atoms with van der Waals surface area (Å²) < 4.78 is 28.6. The molecule has 0 spiro atoms. The van der Waals surface area contributed by atoms with Gasteiger partial charge in [-0.15, -0.1) is 0 Å². The van der Waals surface area contributed by atoms with E-state index >= 15 is 0 Å². The van der Waals surface area contributed by atoms with Crippen LogP contribution in [-0.2, 0) is 38.1 Å². The Hall–Kier alpha value is -2.41. The Bertz CT molecular complexity index is 813. The maximum Gasteiger partial charge on any atom is 0.303 e. The Morgan fingerprint density at radius 3 is 2.03 bits per heavy atom. The van der Waals surface area contributed by atoms with E-state index in [9.17, 15) is 19.2 Å². The Kier molecular flexibility index (Phi) is 9.04. The average Bonchev–Trinajstić information content (AvgIpc) is 2.65. The fourth-order valence-electron chi connectivity index (χ4n) is 3.04. The van der Waals surface area contributed by atoms with E-state index in [0.717, 1.165) is 3.57 Å². The van der Waals surface area contributed by atoms with Crippen LogP contribution in [0.25, 0.3) is 0 Å². The molecule has 5 atom stereocenters. The quantitative estimate of drug-likeness (QED) is 0.305. The van der Waals surface area contributed by atoms with Crippen LogP contribution in [0.5, 0.6) is 5.75 Å². The smallest absolute Gasteiger partial charge is 0.303 e. The summed E-state index contributed by atoms with van der Waals surface area (Å²) in [5.41, 5.74) is 0. The van der Waals surface area contributed by atoms with E-state index in [1.54, 1.807) is 12.1 Å². The number of hydrogen-bond acceptors (Lipinski definition) is 9. The number of halogens is 1. The SMILES string of the molecule is CC(=O)N[C@@H]1[C@H](Oc2ccc(I)cc2)O[C@H](COC(C)=O)[C@@H](OC(C)=O)[C@@H]1OC(C)=O. The zero-order valence-corrected chi connectivity index (χ0v) is 19.6. The zero-order chi connectivity index (χ0) is 23.1. The zero-order valence-electron chi connectivity index (χ0n) is 17.5. The van der Waals surface area contributed by atoms with Gasteiger partial charge in [-0.25, -0.2) is 0 Å². The fourth-order valence-corrected chi connectivity index (χ4v) is 3.40. The minimum absolute atomic E-state index is 0.287. The van der Waals surface area contributed by atoms with E-state index in [1.165, 1.54) is 27.7 Å². The molecule has 0 bridgehead atoms. The van der Waals surface area contributed by atoms with E-state index in [0.29, 0.717) is 5.75 Å². The molecule has 1 aromatic rings. The van der Waals surface area contributed by atoms with Crippen molar-refractivity contribution in [3.8, 4) is 5.75 Å². The van der Waals surface area contributed by atoms with Crippen molar-refractivity contribution in [2.75, 3.05) is 6.61 Å². The second-order valence-electron chi connectivity index (χ2n) is 6.79. The van der Waals surface area contributed by atoms with E-state index in [2.05, 4.69) is 27.9 Å². The molecule has 1 fully saturated rings. The lowest BCUT2D eigenvalue weighted by Crippen LogP contribution is -2.67. The molecule has 11 heteroatoms. The Balaban J connectivity index is 2.43. The number of hydrogen-bond donors (Lipinski definition) is 1. The van der Waals surface area contributed by atoms with E-state index < -0.39 is 54.5 Å². The van der Waals surface area contributed by atoms with Gasteiger partial charge >= 0.3 is 17.9 Å². The summed E-state index contributed by atoms with van der Waals surface area (Å²) in [4.78, 5) is 46.7. The van der Waals surface area contributed by atoms with Gasteiger partial charge in [0.05, 0.1) is 0 Å². The van der Waals surface area contributed by atoms with Crippen molar-refractivity contribution in [1.82, 2.24) is 5.32 Å². The molecule has 1 aromatic carbocycles. The maximum atomic E-state index is 11.9. The van der Waals surface area contributed by atoms with Gasteiger partial charge in [0.2, 0.25) is 12.2 Å².